The molecule has 4 fully saturated rings. The number of nitrogens with zero attached hydrogens (tertiary/aromatic N) is 5. The van der Waals surface area contributed by atoms with Gasteiger partial charge in [0.2, 0.25) is 0 Å². The van der Waals surface area contributed by atoms with Crippen LogP contribution in [0.25, 0.3) is 10.9 Å². The number of carboxylic acid groups (broad SMARTS) is 1. The molecule has 9 nitrogen and oxygen atoms in total. The lowest BCUT2D eigenvalue weighted by Gasteiger charge is -2.61. The van der Waals surface area contributed by atoms with Gasteiger partial charge in [0.05, 0.1) is 29.3 Å². The van der Waals surface area contributed by atoms with E-state index in [-0.39, 0.29) is 23.5 Å². The molecular formula is C35H45FN6O3. The number of rotatable bonds is 6. The SMILES string of the molecule is C[C@H]1[C@@H](N=C(Nc2ccc3c(=O)n(CCc4ccc(F)cc4)cnc3c2)N2CC(N(C(=O)O)C(C)(C)C)C2)C[C@@H]2C[C@@H]1C2(C)C. The number of benzene rings is 2. The first-order valence-electron chi connectivity index (χ1n) is 16.1. The first-order valence-corrected chi connectivity index (χ1v) is 16.1. The number of hydrogen-bond donors (Lipinski definition) is 2. The number of amides is 1. The number of carbonyl (C=O) groups is 1. The number of aromatic nitrogens is 2. The van der Waals surface area contributed by atoms with Crippen molar-refractivity contribution in [2.24, 2.45) is 28.2 Å². The van der Waals surface area contributed by atoms with E-state index in [1.807, 2.05) is 32.9 Å². The van der Waals surface area contributed by atoms with Crippen LogP contribution in [0.4, 0.5) is 14.9 Å². The summed E-state index contributed by atoms with van der Waals surface area (Å²) in [4.78, 5) is 39.0. The minimum atomic E-state index is -0.911. The molecule has 2 N–H and O–H groups in total. The first-order chi connectivity index (χ1) is 21.2. The molecule has 3 aromatic rings. The number of aliphatic imine (C=N–C) groups is 1. The Hall–Kier alpha value is -3.95. The van der Waals surface area contributed by atoms with E-state index in [4.69, 9.17) is 4.99 Å². The number of halogens is 1. The van der Waals surface area contributed by atoms with Crippen LogP contribution in [0, 0.1) is 29.0 Å². The van der Waals surface area contributed by atoms with Gasteiger partial charge in [0.1, 0.15) is 5.82 Å². The molecule has 4 aliphatic rings. The summed E-state index contributed by atoms with van der Waals surface area (Å²) in [5.74, 6) is 2.23. The van der Waals surface area contributed by atoms with Crippen molar-refractivity contribution < 1.29 is 14.3 Å². The van der Waals surface area contributed by atoms with E-state index in [2.05, 4.69) is 36.0 Å². The van der Waals surface area contributed by atoms with Gasteiger partial charge in [-0.25, -0.2) is 19.2 Å². The maximum Gasteiger partial charge on any atom is 0.408 e. The zero-order valence-electron chi connectivity index (χ0n) is 27.1. The Labute approximate surface area is 264 Å². The van der Waals surface area contributed by atoms with Crippen LogP contribution in [0.5, 0.6) is 0 Å². The van der Waals surface area contributed by atoms with Crippen LogP contribution in [-0.2, 0) is 13.0 Å². The smallest absolute Gasteiger partial charge is 0.408 e. The maximum atomic E-state index is 13.3. The van der Waals surface area contributed by atoms with Gasteiger partial charge in [0.25, 0.3) is 5.56 Å². The van der Waals surface area contributed by atoms with E-state index in [0.29, 0.717) is 60.1 Å². The third-order valence-electron chi connectivity index (χ3n) is 10.7. The van der Waals surface area contributed by atoms with Gasteiger partial charge in [-0.1, -0.05) is 32.9 Å². The van der Waals surface area contributed by atoms with Crippen molar-refractivity contribution in [3.8, 4) is 0 Å². The van der Waals surface area contributed by atoms with Crippen LogP contribution < -0.4 is 10.9 Å². The standard InChI is InChI=1S/C35H45FN6O3/c1-21-28-15-23(35(28,5)6)16-29(21)39-32(41-18-26(19-41)42(33(44)45)34(2,3)4)38-25-11-12-27-30(17-25)37-20-40(31(27)43)14-13-22-7-9-24(36)10-8-22/h7-12,17,20-21,23,26,28-29H,13-16,18-19H2,1-6H3,(H,38,39)(H,44,45)/t21-,23+,28+,29+/m1/s1. The zero-order chi connectivity index (χ0) is 32.3. The van der Waals surface area contributed by atoms with Gasteiger partial charge >= 0.3 is 6.09 Å². The number of hydrogen-bond acceptors (Lipinski definition) is 4. The van der Waals surface area contributed by atoms with Crippen LogP contribution in [-0.4, -0.2) is 67.2 Å². The highest BCUT2D eigenvalue weighted by molar-refractivity contribution is 5.96. The number of aryl methyl sites for hydroxylation is 2. The van der Waals surface area contributed by atoms with E-state index in [1.54, 1.807) is 34.0 Å². The van der Waals surface area contributed by atoms with Crippen molar-refractivity contribution in [2.75, 3.05) is 18.4 Å². The minimum absolute atomic E-state index is 0.123. The van der Waals surface area contributed by atoms with Crippen molar-refractivity contribution in [1.29, 1.82) is 0 Å². The number of nitrogens with one attached hydrogen (secondary N) is 1. The normalized spacial score (nSPS) is 24.6. The van der Waals surface area contributed by atoms with E-state index in [1.165, 1.54) is 18.6 Å². The maximum absolute atomic E-state index is 13.3. The lowest BCUT2D eigenvalue weighted by Crippen LogP contribution is -2.67. The molecule has 2 bridgehead atoms. The lowest BCUT2D eigenvalue weighted by molar-refractivity contribution is -0.108. The molecule has 0 unspecified atom stereocenters. The van der Waals surface area contributed by atoms with Crippen LogP contribution in [0.15, 0.2) is 58.6 Å². The zero-order valence-corrected chi connectivity index (χ0v) is 27.1. The Morgan fingerprint density at radius 2 is 1.87 bits per heavy atom. The number of anilines is 1. The Morgan fingerprint density at radius 3 is 2.49 bits per heavy atom. The van der Waals surface area contributed by atoms with Gasteiger partial charge in [0, 0.05) is 30.9 Å². The van der Waals surface area contributed by atoms with Gasteiger partial charge in [-0.2, -0.15) is 0 Å². The summed E-state index contributed by atoms with van der Waals surface area (Å²) >= 11 is 0. The second kappa shape index (κ2) is 11.4. The predicted molar refractivity (Wildman–Crippen MR) is 175 cm³/mol. The van der Waals surface area contributed by atoms with Crippen molar-refractivity contribution in [3.63, 3.8) is 0 Å². The molecule has 240 valence electrons. The first kappa shape index (κ1) is 31.0. The molecule has 10 heteroatoms. The fraction of sp³-hybridized carbons (Fsp3) is 0.543. The van der Waals surface area contributed by atoms with Gasteiger partial charge in [-0.3, -0.25) is 14.3 Å². The average Bonchev–Trinajstić information content (AvgIpc) is 2.94. The topological polar surface area (TPSA) is 103 Å². The second-order valence-corrected chi connectivity index (χ2v) is 14.8. The molecule has 1 aliphatic heterocycles. The molecular weight excluding hydrogens is 571 g/mol. The van der Waals surface area contributed by atoms with Crippen molar-refractivity contribution in [1.82, 2.24) is 19.4 Å². The van der Waals surface area contributed by atoms with Crippen LogP contribution >= 0.6 is 0 Å². The highest BCUT2D eigenvalue weighted by Gasteiger charge is 2.56. The summed E-state index contributed by atoms with van der Waals surface area (Å²) < 4.78 is 14.9. The number of likely N-dealkylation sites (tertiary alicyclic amines) is 1. The predicted octanol–water partition coefficient (Wildman–Crippen LogP) is 6.08. The molecule has 1 aromatic heterocycles. The van der Waals surface area contributed by atoms with Crippen molar-refractivity contribution >= 4 is 28.6 Å². The fourth-order valence-electron chi connectivity index (χ4n) is 7.85. The largest absolute Gasteiger partial charge is 0.465 e. The van der Waals surface area contributed by atoms with E-state index >= 15 is 0 Å². The third-order valence-corrected chi connectivity index (χ3v) is 10.7. The summed E-state index contributed by atoms with van der Waals surface area (Å²) in [7, 11) is 0. The van der Waals surface area contributed by atoms with E-state index in [0.717, 1.165) is 23.6 Å². The molecule has 4 atom stereocenters. The van der Waals surface area contributed by atoms with Crippen LogP contribution in [0.3, 0.4) is 0 Å². The Kier molecular flexibility index (Phi) is 7.90. The monoisotopic (exact) mass is 616 g/mol. The molecule has 7 rings (SSSR count). The molecule has 1 saturated heterocycles. The summed E-state index contributed by atoms with van der Waals surface area (Å²) in [6.45, 7) is 14.4. The highest BCUT2D eigenvalue weighted by atomic mass is 19.1. The van der Waals surface area contributed by atoms with E-state index in [9.17, 15) is 19.1 Å². The summed E-state index contributed by atoms with van der Waals surface area (Å²) in [6, 6.07) is 11.9. The Balaban J connectivity index is 1.23. The minimum Gasteiger partial charge on any atom is -0.465 e. The number of guanidine groups is 1. The molecule has 2 heterocycles. The second-order valence-electron chi connectivity index (χ2n) is 14.8. The lowest BCUT2D eigenvalue weighted by atomic mass is 9.45. The third kappa shape index (κ3) is 5.91. The molecule has 45 heavy (non-hydrogen) atoms. The summed E-state index contributed by atoms with van der Waals surface area (Å²) in [6.07, 6.45) is 3.57. The van der Waals surface area contributed by atoms with E-state index < -0.39 is 11.6 Å². The van der Waals surface area contributed by atoms with Crippen LogP contribution in [0.2, 0.25) is 0 Å². The van der Waals surface area contributed by atoms with Gasteiger partial charge in [0.15, 0.2) is 5.96 Å². The van der Waals surface area contributed by atoms with Gasteiger partial charge in [-0.05, 0) is 99.1 Å². The van der Waals surface area contributed by atoms with Crippen LogP contribution in [0.1, 0.15) is 59.9 Å². The average molecular weight is 617 g/mol. The quantitative estimate of drug-likeness (QED) is 0.257. The summed E-state index contributed by atoms with van der Waals surface area (Å²) in [5, 5.41) is 14.0. The molecule has 3 aliphatic carbocycles. The molecule has 2 aromatic carbocycles. The molecule has 0 radical (unpaired) electrons. The Bertz CT molecular complexity index is 1670. The fourth-order valence-corrected chi connectivity index (χ4v) is 7.85. The molecule has 1 amide bonds. The summed E-state index contributed by atoms with van der Waals surface area (Å²) in [5.41, 5.74) is 2.04. The number of fused-ring (bicyclic) bond motifs is 3. The van der Waals surface area contributed by atoms with Crippen molar-refractivity contribution in [2.45, 2.75) is 85.0 Å². The highest BCUT2D eigenvalue weighted by Crippen LogP contribution is 2.61. The van der Waals surface area contributed by atoms with Gasteiger partial charge < -0.3 is 15.3 Å². The van der Waals surface area contributed by atoms with Gasteiger partial charge in [-0.15, -0.1) is 0 Å². The molecule has 0 spiro atoms. The van der Waals surface area contributed by atoms with Crippen molar-refractivity contribution in [3.05, 3.63) is 70.5 Å². The Morgan fingerprint density at radius 1 is 1.16 bits per heavy atom. The molecule has 3 saturated carbocycles.